The number of hydrogen-bond donors (Lipinski definition) is 1. The van der Waals surface area contributed by atoms with Crippen molar-refractivity contribution < 1.29 is 17.9 Å². The molecule has 0 aliphatic carbocycles. The molecule has 0 unspecified atom stereocenters. The average molecular weight is 567 g/mol. The first-order valence-corrected chi connectivity index (χ1v) is 13.6. The van der Waals surface area contributed by atoms with Crippen molar-refractivity contribution in [2.24, 2.45) is 25.9 Å². The number of aryl methyl sites for hydroxylation is 2. The lowest BCUT2D eigenvalue weighted by Gasteiger charge is -2.31. The normalized spacial score (nSPS) is 15.9. The van der Waals surface area contributed by atoms with E-state index in [1.807, 2.05) is 24.3 Å². The zero-order chi connectivity index (χ0) is 28.5. The summed E-state index contributed by atoms with van der Waals surface area (Å²) in [7, 11) is 0. The second-order valence-electron chi connectivity index (χ2n) is 8.84. The molecule has 1 saturated heterocycles. The summed E-state index contributed by atoms with van der Waals surface area (Å²) in [4.78, 5) is 10.5. The number of amidine groups is 2. The molecule has 1 fully saturated rings. The summed E-state index contributed by atoms with van der Waals surface area (Å²) in [6, 6.07) is 18.9. The summed E-state index contributed by atoms with van der Waals surface area (Å²) < 4.78 is 40.6. The van der Waals surface area contributed by atoms with E-state index < -0.39 is 6.36 Å². The molecule has 40 heavy (non-hydrogen) atoms. The molecule has 1 heterocycles. The van der Waals surface area contributed by atoms with Gasteiger partial charge in [0.1, 0.15) is 17.9 Å². The highest BCUT2D eigenvalue weighted by Crippen LogP contribution is 2.31. The summed E-state index contributed by atoms with van der Waals surface area (Å²) in [5.74, 6) is 0.923. The van der Waals surface area contributed by atoms with E-state index in [4.69, 9.17) is 5.73 Å². The van der Waals surface area contributed by atoms with Crippen LogP contribution in [0.4, 0.5) is 24.5 Å². The van der Waals surface area contributed by atoms with Crippen LogP contribution in [0.5, 0.6) is 5.75 Å². The van der Waals surface area contributed by atoms with E-state index in [1.54, 1.807) is 18.0 Å². The fourth-order valence-electron chi connectivity index (χ4n) is 4.09. The minimum atomic E-state index is -4.74. The number of thioether (sulfide) groups is 1. The van der Waals surface area contributed by atoms with Gasteiger partial charge in [-0.05, 0) is 60.7 Å². The van der Waals surface area contributed by atoms with Crippen molar-refractivity contribution in [1.82, 2.24) is 0 Å². The van der Waals surface area contributed by atoms with Gasteiger partial charge >= 0.3 is 6.36 Å². The minimum absolute atomic E-state index is 0.240. The maximum absolute atomic E-state index is 12.3. The number of nitrogens with two attached hydrogens (primary N) is 1. The number of halogens is 3. The number of hydrogen-bond acceptors (Lipinski definition) is 5. The van der Waals surface area contributed by atoms with Gasteiger partial charge in [-0.15, -0.1) is 18.3 Å². The molecule has 0 radical (unpaired) electrons. The van der Waals surface area contributed by atoms with Crippen LogP contribution in [0.3, 0.4) is 0 Å². The molecule has 0 spiro atoms. The van der Waals surface area contributed by atoms with Crippen LogP contribution in [0.2, 0.25) is 0 Å². The Morgan fingerprint density at radius 3 is 2.52 bits per heavy atom. The lowest BCUT2D eigenvalue weighted by Crippen LogP contribution is -2.35. The molecule has 0 atom stereocenters. The van der Waals surface area contributed by atoms with Gasteiger partial charge in [-0.2, -0.15) is 5.10 Å². The zero-order valence-corrected chi connectivity index (χ0v) is 22.9. The largest absolute Gasteiger partial charge is 0.573 e. The van der Waals surface area contributed by atoms with Crippen LogP contribution >= 0.6 is 11.8 Å². The highest BCUT2D eigenvalue weighted by atomic mass is 32.2. The van der Waals surface area contributed by atoms with E-state index in [2.05, 4.69) is 61.9 Å². The van der Waals surface area contributed by atoms with Crippen molar-refractivity contribution in [3.05, 3.63) is 89.0 Å². The first kappa shape index (κ1) is 28.9. The SMILES string of the molecule is CCc1cccc(C)c1N1CCCS/C1=N/N=C\c1ccc(C(N)=NC=Nc2ccc(OC(F)(F)F)cc2)cc1. The van der Waals surface area contributed by atoms with Crippen LogP contribution in [0.1, 0.15) is 35.6 Å². The lowest BCUT2D eigenvalue weighted by atomic mass is 10.0. The quantitative estimate of drug-likeness (QED) is 0.183. The number of nitrogens with zero attached hydrogens (tertiary/aromatic N) is 5. The van der Waals surface area contributed by atoms with Gasteiger partial charge in [0.25, 0.3) is 0 Å². The number of alkyl halides is 3. The number of aliphatic imine (C=N–C) groups is 2. The van der Waals surface area contributed by atoms with Crippen molar-refractivity contribution in [2.45, 2.75) is 33.1 Å². The van der Waals surface area contributed by atoms with Crippen molar-refractivity contribution in [3.63, 3.8) is 0 Å². The van der Waals surface area contributed by atoms with Crippen LogP contribution in [0.25, 0.3) is 0 Å². The van der Waals surface area contributed by atoms with Crippen LogP contribution in [0.15, 0.2) is 86.9 Å². The molecule has 0 amide bonds. The maximum atomic E-state index is 12.3. The molecule has 7 nitrogen and oxygen atoms in total. The molecule has 1 aliphatic rings. The summed E-state index contributed by atoms with van der Waals surface area (Å²) in [5, 5.41) is 9.79. The van der Waals surface area contributed by atoms with Crippen LogP contribution in [0, 0.1) is 6.92 Å². The maximum Gasteiger partial charge on any atom is 0.573 e. The second-order valence-corrected chi connectivity index (χ2v) is 9.90. The smallest absolute Gasteiger partial charge is 0.406 e. The van der Waals surface area contributed by atoms with Crippen LogP contribution in [-0.2, 0) is 6.42 Å². The van der Waals surface area contributed by atoms with Gasteiger partial charge in [0.2, 0.25) is 0 Å². The molecule has 208 valence electrons. The monoisotopic (exact) mass is 566 g/mol. The first-order chi connectivity index (χ1) is 19.2. The molecule has 3 aromatic rings. The Kier molecular flexibility index (Phi) is 9.60. The standard InChI is InChI=1S/C29H29F3N6OS/c1-3-22-7-4-6-20(2)26(22)38-16-5-17-40-28(38)37-36-18-21-8-10-23(11-9-21)27(33)35-19-34-24-12-14-25(15-13-24)39-29(30,31)32/h4,6-15,18-19H,3,5,16-17H2,1-2H3,(H2,33,34,35)/b36-18-,37-28+. The number of benzene rings is 3. The van der Waals surface area contributed by atoms with Gasteiger partial charge in [-0.3, -0.25) is 0 Å². The highest BCUT2D eigenvalue weighted by molar-refractivity contribution is 8.14. The Bertz CT molecular complexity index is 1420. The Balaban J connectivity index is 1.40. The molecule has 2 N–H and O–H groups in total. The van der Waals surface area contributed by atoms with E-state index >= 15 is 0 Å². The Hall–Kier alpha value is -4.12. The van der Waals surface area contributed by atoms with Gasteiger partial charge in [-0.25, -0.2) is 9.98 Å². The van der Waals surface area contributed by atoms with Gasteiger partial charge in [0, 0.05) is 23.5 Å². The molecular formula is C29H29F3N6OS. The third-order valence-electron chi connectivity index (χ3n) is 5.99. The number of para-hydroxylation sites is 1. The highest BCUT2D eigenvalue weighted by Gasteiger charge is 2.31. The Morgan fingerprint density at radius 2 is 1.82 bits per heavy atom. The Labute approximate surface area is 235 Å². The molecular weight excluding hydrogens is 537 g/mol. The van der Waals surface area contributed by atoms with Gasteiger partial charge < -0.3 is 15.4 Å². The van der Waals surface area contributed by atoms with Crippen molar-refractivity contribution in [1.29, 1.82) is 0 Å². The van der Waals surface area contributed by atoms with Crippen molar-refractivity contribution in [2.75, 3.05) is 17.2 Å². The summed E-state index contributed by atoms with van der Waals surface area (Å²) in [6.07, 6.45) is 0.237. The average Bonchev–Trinajstić information content (AvgIpc) is 2.94. The van der Waals surface area contributed by atoms with Crippen molar-refractivity contribution >= 4 is 46.7 Å². The number of anilines is 1. The predicted octanol–water partition coefficient (Wildman–Crippen LogP) is 6.85. The summed E-state index contributed by atoms with van der Waals surface area (Å²) in [6.45, 7) is 5.20. The van der Waals surface area contributed by atoms with Crippen molar-refractivity contribution in [3.8, 4) is 5.75 Å². The minimum Gasteiger partial charge on any atom is -0.406 e. The third-order valence-corrected chi connectivity index (χ3v) is 7.04. The molecule has 0 bridgehead atoms. The molecule has 0 saturated carbocycles. The molecule has 0 aromatic heterocycles. The fraction of sp³-hybridized carbons (Fsp3) is 0.241. The Morgan fingerprint density at radius 1 is 1.07 bits per heavy atom. The van der Waals surface area contributed by atoms with E-state index in [9.17, 15) is 13.2 Å². The van der Waals surface area contributed by atoms with Gasteiger partial charge in [0.15, 0.2) is 5.17 Å². The lowest BCUT2D eigenvalue weighted by molar-refractivity contribution is -0.274. The summed E-state index contributed by atoms with van der Waals surface area (Å²) in [5.41, 5.74) is 11.8. The van der Waals surface area contributed by atoms with Gasteiger partial charge in [0.05, 0.1) is 11.9 Å². The third kappa shape index (κ3) is 7.95. The van der Waals surface area contributed by atoms with E-state index in [0.717, 1.165) is 35.9 Å². The second kappa shape index (κ2) is 13.3. The van der Waals surface area contributed by atoms with Gasteiger partial charge in [-0.1, -0.05) is 61.2 Å². The van der Waals surface area contributed by atoms with E-state index in [1.165, 1.54) is 47.4 Å². The van der Waals surface area contributed by atoms with E-state index in [0.29, 0.717) is 11.3 Å². The molecule has 1 aliphatic heterocycles. The topological polar surface area (TPSA) is 87.9 Å². The van der Waals surface area contributed by atoms with Crippen LogP contribution < -0.4 is 15.4 Å². The first-order valence-electron chi connectivity index (χ1n) is 12.7. The molecule has 3 aromatic carbocycles. The zero-order valence-electron chi connectivity index (χ0n) is 22.1. The predicted molar refractivity (Wildman–Crippen MR) is 158 cm³/mol. The molecule has 4 rings (SSSR count). The number of ether oxygens (including phenoxy) is 1. The fourth-order valence-corrected chi connectivity index (χ4v) is 4.99. The van der Waals surface area contributed by atoms with Crippen LogP contribution in [-0.4, -0.2) is 42.2 Å². The van der Waals surface area contributed by atoms with E-state index in [-0.39, 0.29) is 11.6 Å². The summed E-state index contributed by atoms with van der Waals surface area (Å²) >= 11 is 1.71. The molecule has 11 heteroatoms. The number of rotatable bonds is 8.